The van der Waals surface area contributed by atoms with E-state index in [1.54, 1.807) is 0 Å². The van der Waals surface area contributed by atoms with Gasteiger partial charge in [0.15, 0.2) is 0 Å². The number of ether oxygens (including phenoxy) is 1. The second kappa shape index (κ2) is 4.08. The molecule has 1 unspecified atom stereocenters. The minimum Gasteiger partial charge on any atom is -0.382 e. The molecule has 0 radical (unpaired) electrons. The summed E-state index contributed by atoms with van der Waals surface area (Å²) >= 11 is 0. The zero-order chi connectivity index (χ0) is 7.40. The highest BCUT2D eigenvalue weighted by Crippen LogP contribution is 2.11. The van der Waals surface area contributed by atoms with Gasteiger partial charge < -0.3 is 16.2 Å². The summed E-state index contributed by atoms with van der Waals surface area (Å²) in [6.45, 7) is 0.921. The van der Waals surface area contributed by atoms with Gasteiger partial charge in [0, 0.05) is 18.1 Å². The number of rotatable bonds is 2. The van der Waals surface area contributed by atoms with Gasteiger partial charge >= 0.3 is 0 Å². The van der Waals surface area contributed by atoms with Crippen molar-refractivity contribution in [2.75, 3.05) is 6.61 Å². The SMILES string of the molecule is NC(N)[SiH2]C1CCCCO1. The summed E-state index contributed by atoms with van der Waals surface area (Å²) in [6.07, 6.45) is 3.70. The smallest absolute Gasteiger partial charge is 0.0923 e. The molecule has 10 heavy (non-hydrogen) atoms. The average Bonchev–Trinajstić information content (AvgIpc) is 1.88. The molecule has 0 aromatic heterocycles. The van der Waals surface area contributed by atoms with Crippen molar-refractivity contribution in [1.29, 1.82) is 0 Å². The highest BCUT2D eigenvalue weighted by Gasteiger charge is 2.15. The monoisotopic (exact) mass is 160 g/mol. The molecule has 0 saturated carbocycles. The lowest BCUT2D eigenvalue weighted by molar-refractivity contribution is 0.0644. The third-order valence-electron chi connectivity index (χ3n) is 1.81. The minimum atomic E-state index is -0.366. The van der Waals surface area contributed by atoms with Crippen molar-refractivity contribution in [3.05, 3.63) is 0 Å². The van der Waals surface area contributed by atoms with E-state index < -0.39 is 0 Å². The molecule has 1 saturated heterocycles. The van der Waals surface area contributed by atoms with Crippen LogP contribution >= 0.6 is 0 Å². The van der Waals surface area contributed by atoms with Crippen molar-refractivity contribution in [1.82, 2.24) is 0 Å². The fourth-order valence-corrected chi connectivity index (χ4v) is 2.73. The van der Waals surface area contributed by atoms with E-state index in [2.05, 4.69) is 0 Å². The van der Waals surface area contributed by atoms with Crippen molar-refractivity contribution in [2.45, 2.75) is 30.8 Å². The van der Waals surface area contributed by atoms with E-state index >= 15 is 0 Å². The first kappa shape index (κ1) is 8.20. The topological polar surface area (TPSA) is 61.3 Å². The third kappa shape index (κ3) is 2.79. The summed E-state index contributed by atoms with van der Waals surface area (Å²) in [7, 11) is -0.366. The highest BCUT2D eigenvalue weighted by molar-refractivity contribution is 6.39. The van der Waals surface area contributed by atoms with Crippen molar-refractivity contribution in [3.63, 3.8) is 0 Å². The third-order valence-corrected chi connectivity index (χ3v) is 3.52. The molecule has 1 atom stereocenters. The predicted molar refractivity (Wildman–Crippen MR) is 44.3 cm³/mol. The van der Waals surface area contributed by atoms with Gasteiger partial charge in [-0.2, -0.15) is 0 Å². The summed E-state index contributed by atoms with van der Waals surface area (Å²) in [5.41, 5.74) is 11.4. The first-order valence-corrected chi connectivity index (χ1v) is 5.55. The second-order valence-electron chi connectivity index (χ2n) is 2.89. The first-order valence-electron chi connectivity index (χ1n) is 3.92. The molecule has 1 aliphatic heterocycles. The molecular formula is C6H16N2OSi. The predicted octanol–water partition coefficient (Wildman–Crippen LogP) is -1.12. The normalized spacial score (nSPS) is 28.5. The van der Waals surface area contributed by atoms with Crippen LogP contribution in [0.1, 0.15) is 19.3 Å². The summed E-state index contributed by atoms with van der Waals surface area (Å²) < 4.78 is 5.49. The maximum Gasteiger partial charge on any atom is 0.0923 e. The van der Waals surface area contributed by atoms with Crippen molar-refractivity contribution in [2.24, 2.45) is 11.5 Å². The van der Waals surface area contributed by atoms with Gasteiger partial charge in [-0.05, 0) is 19.3 Å². The molecular weight excluding hydrogens is 144 g/mol. The Balaban J connectivity index is 2.13. The molecule has 0 aromatic rings. The Kier molecular flexibility index (Phi) is 3.34. The molecule has 60 valence electrons. The van der Waals surface area contributed by atoms with Gasteiger partial charge in [-0.25, -0.2) is 0 Å². The maximum absolute atomic E-state index is 5.49. The van der Waals surface area contributed by atoms with Gasteiger partial charge in [0.1, 0.15) is 0 Å². The van der Waals surface area contributed by atoms with Crippen LogP contribution in [0.5, 0.6) is 0 Å². The number of nitrogens with two attached hydrogens (primary N) is 2. The van der Waals surface area contributed by atoms with Crippen LogP contribution in [0.2, 0.25) is 0 Å². The molecule has 4 N–H and O–H groups in total. The van der Waals surface area contributed by atoms with Gasteiger partial charge in [-0.3, -0.25) is 0 Å². The molecule has 3 nitrogen and oxygen atoms in total. The fraction of sp³-hybridized carbons (Fsp3) is 1.00. The molecule has 0 spiro atoms. The molecule has 1 rings (SSSR count). The van der Waals surface area contributed by atoms with Gasteiger partial charge in [-0.1, -0.05) is 0 Å². The van der Waals surface area contributed by atoms with Crippen molar-refractivity contribution >= 4 is 9.52 Å². The Hall–Kier alpha value is 0.0969. The highest BCUT2D eigenvalue weighted by atomic mass is 28.2. The maximum atomic E-state index is 5.49. The lowest BCUT2D eigenvalue weighted by Crippen LogP contribution is -2.44. The molecule has 0 amide bonds. The molecule has 0 aromatic carbocycles. The molecule has 0 aliphatic carbocycles. The largest absolute Gasteiger partial charge is 0.382 e. The van der Waals surface area contributed by atoms with Crippen LogP contribution in [0, 0.1) is 0 Å². The first-order chi connectivity index (χ1) is 4.79. The van der Waals surface area contributed by atoms with Crippen molar-refractivity contribution < 1.29 is 4.74 Å². The van der Waals surface area contributed by atoms with E-state index in [4.69, 9.17) is 16.2 Å². The number of hydrogen-bond acceptors (Lipinski definition) is 3. The van der Waals surface area contributed by atoms with Crippen LogP contribution in [0.15, 0.2) is 0 Å². The van der Waals surface area contributed by atoms with E-state index in [9.17, 15) is 0 Å². The summed E-state index contributed by atoms with van der Waals surface area (Å²) in [6, 6.07) is 0. The van der Waals surface area contributed by atoms with Gasteiger partial charge in [0.05, 0.1) is 9.52 Å². The van der Waals surface area contributed by atoms with Crippen LogP contribution in [-0.2, 0) is 4.74 Å². The molecule has 0 bridgehead atoms. The Morgan fingerprint density at radius 3 is 2.70 bits per heavy atom. The van der Waals surface area contributed by atoms with Gasteiger partial charge in [-0.15, -0.1) is 0 Å². The second-order valence-corrected chi connectivity index (χ2v) is 5.21. The summed E-state index contributed by atoms with van der Waals surface area (Å²) in [4.78, 5) is 0. The zero-order valence-electron chi connectivity index (χ0n) is 6.25. The Labute approximate surface area is 63.9 Å². The zero-order valence-corrected chi connectivity index (χ0v) is 7.67. The Bertz CT molecular complexity index is 93.7. The molecule has 1 fully saturated rings. The Morgan fingerprint density at radius 2 is 2.20 bits per heavy atom. The quantitative estimate of drug-likeness (QED) is 0.397. The molecule has 1 aliphatic rings. The average molecular weight is 160 g/mol. The lowest BCUT2D eigenvalue weighted by Gasteiger charge is -2.23. The summed E-state index contributed by atoms with van der Waals surface area (Å²) in [5, 5.41) is 0. The van der Waals surface area contributed by atoms with Crippen LogP contribution in [0.3, 0.4) is 0 Å². The van der Waals surface area contributed by atoms with E-state index in [1.807, 2.05) is 0 Å². The van der Waals surface area contributed by atoms with E-state index in [-0.39, 0.29) is 15.3 Å². The lowest BCUT2D eigenvalue weighted by atomic mass is 10.2. The van der Waals surface area contributed by atoms with Gasteiger partial charge in [0.2, 0.25) is 0 Å². The standard InChI is InChI=1S/C6H16N2OSi/c7-6(8)10-5-3-1-2-4-9-5/h5-6H,1-4,7-8,10H2. The van der Waals surface area contributed by atoms with Crippen LogP contribution < -0.4 is 11.5 Å². The fourth-order valence-electron chi connectivity index (χ4n) is 1.30. The molecule has 1 heterocycles. The van der Waals surface area contributed by atoms with Crippen LogP contribution in [-0.4, -0.2) is 27.6 Å². The van der Waals surface area contributed by atoms with Crippen LogP contribution in [0.25, 0.3) is 0 Å². The van der Waals surface area contributed by atoms with E-state index in [0.717, 1.165) is 6.61 Å². The van der Waals surface area contributed by atoms with Gasteiger partial charge in [0.25, 0.3) is 0 Å². The summed E-state index contributed by atoms with van der Waals surface area (Å²) in [5.74, 6) is -0.0666. The van der Waals surface area contributed by atoms with Crippen LogP contribution in [0.4, 0.5) is 0 Å². The van der Waals surface area contributed by atoms with E-state index in [1.165, 1.54) is 19.3 Å². The van der Waals surface area contributed by atoms with Crippen molar-refractivity contribution in [3.8, 4) is 0 Å². The molecule has 4 heteroatoms. The van der Waals surface area contributed by atoms with E-state index in [0.29, 0.717) is 5.73 Å². The minimum absolute atomic E-state index is 0.0666. The number of hydrogen-bond donors (Lipinski definition) is 2. The Morgan fingerprint density at radius 1 is 1.40 bits per heavy atom.